The van der Waals surface area contributed by atoms with E-state index >= 15 is 0 Å². The second-order valence-electron chi connectivity index (χ2n) is 5.94. The molecule has 2 amide bonds. The van der Waals surface area contributed by atoms with Crippen LogP contribution >= 0.6 is 11.8 Å². The molecule has 3 rings (SSSR count). The summed E-state index contributed by atoms with van der Waals surface area (Å²) in [6.07, 6.45) is 2.36. The first kappa shape index (κ1) is 17.0. The fourth-order valence-corrected chi connectivity index (χ4v) is 3.65. The molecule has 2 saturated heterocycles. The number of ether oxygens (including phenoxy) is 1. The van der Waals surface area contributed by atoms with E-state index in [4.69, 9.17) is 4.74 Å². The molecule has 2 atom stereocenters. The second-order valence-corrected chi connectivity index (χ2v) is 7.14. The molecule has 6 nitrogen and oxygen atoms in total. The minimum Gasteiger partial charge on any atom is -0.376 e. The summed E-state index contributed by atoms with van der Waals surface area (Å²) in [6, 6.07) is 7.57. The Morgan fingerprint density at radius 3 is 3.04 bits per heavy atom. The maximum absolute atomic E-state index is 12.2. The first-order chi connectivity index (χ1) is 11.6. The van der Waals surface area contributed by atoms with E-state index in [9.17, 15) is 9.59 Å². The van der Waals surface area contributed by atoms with Gasteiger partial charge in [-0.3, -0.25) is 14.6 Å². The molecule has 0 radical (unpaired) electrons. The Bertz CT molecular complexity index is 656. The van der Waals surface area contributed by atoms with Crippen molar-refractivity contribution < 1.29 is 14.3 Å². The summed E-state index contributed by atoms with van der Waals surface area (Å²) in [4.78, 5) is 28.6. The van der Waals surface area contributed by atoms with Crippen LogP contribution in [0.25, 0.3) is 0 Å². The van der Waals surface area contributed by atoms with Crippen molar-refractivity contribution in [2.45, 2.75) is 37.5 Å². The van der Waals surface area contributed by atoms with E-state index in [0.29, 0.717) is 11.7 Å². The molecule has 2 N–H and O–H groups in total. The molecule has 2 heterocycles. The molecule has 1 aromatic rings. The monoisotopic (exact) mass is 347 g/mol. The zero-order valence-corrected chi connectivity index (χ0v) is 14.4. The Morgan fingerprint density at radius 1 is 1.46 bits per heavy atom. The first-order valence-electron chi connectivity index (χ1n) is 8.11. The lowest BCUT2D eigenvalue weighted by molar-refractivity contribution is -0.122. The van der Waals surface area contributed by atoms with Crippen molar-refractivity contribution >= 4 is 34.4 Å². The number of para-hydroxylation sites is 1. The van der Waals surface area contributed by atoms with Gasteiger partial charge in [-0.25, -0.2) is 0 Å². The van der Waals surface area contributed by atoms with Gasteiger partial charge >= 0.3 is 0 Å². The number of benzene rings is 1. The molecule has 2 aliphatic rings. The predicted octanol–water partition coefficient (Wildman–Crippen LogP) is 2.09. The molecular weight excluding hydrogens is 326 g/mol. The van der Waals surface area contributed by atoms with Gasteiger partial charge in [0.05, 0.1) is 12.6 Å². The molecule has 0 saturated carbocycles. The SMILES string of the molecule is Cc1ccccc1NC(=O)C[C@H]1SC(=NC[C@H]2CCCO2)NC1=O. The van der Waals surface area contributed by atoms with Gasteiger partial charge in [0.15, 0.2) is 5.17 Å². The third-order valence-corrected chi connectivity index (χ3v) is 5.15. The number of carbonyl (C=O) groups is 2. The predicted molar refractivity (Wildman–Crippen MR) is 95.2 cm³/mol. The van der Waals surface area contributed by atoms with E-state index < -0.39 is 5.25 Å². The third kappa shape index (κ3) is 4.36. The Balaban J connectivity index is 1.51. The number of nitrogens with one attached hydrogen (secondary N) is 2. The Kier molecular flexibility index (Phi) is 5.52. The molecule has 7 heteroatoms. The van der Waals surface area contributed by atoms with Gasteiger partial charge in [-0.15, -0.1) is 0 Å². The highest BCUT2D eigenvalue weighted by atomic mass is 32.2. The summed E-state index contributed by atoms with van der Waals surface area (Å²) in [6.45, 7) is 3.28. The van der Waals surface area contributed by atoms with E-state index in [1.54, 1.807) is 0 Å². The number of thioether (sulfide) groups is 1. The molecule has 0 aromatic heterocycles. The Labute approximate surface area is 145 Å². The van der Waals surface area contributed by atoms with Crippen molar-refractivity contribution in [2.24, 2.45) is 4.99 Å². The fraction of sp³-hybridized carbons (Fsp3) is 0.471. The Hall–Kier alpha value is -1.86. The van der Waals surface area contributed by atoms with E-state index in [2.05, 4.69) is 15.6 Å². The molecule has 0 aliphatic carbocycles. The van der Waals surface area contributed by atoms with Crippen LogP contribution in [-0.4, -0.2) is 41.5 Å². The molecule has 2 fully saturated rings. The van der Waals surface area contributed by atoms with Crippen LogP contribution in [0.3, 0.4) is 0 Å². The lowest BCUT2D eigenvalue weighted by atomic mass is 10.2. The van der Waals surface area contributed by atoms with Gasteiger partial charge in [0.2, 0.25) is 11.8 Å². The highest BCUT2D eigenvalue weighted by Gasteiger charge is 2.32. The number of aryl methyl sites for hydroxylation is 1. The summed E-state index contributed by atoms with van der Waals surface area (Å²) >= 11 is 1.32. The minimum absolute atomic E-state index is 0.129. The number of carbonyl (C=O) groups excluding carboxylic acids is 2. The smallest absolute Gasteiger partial charge is 0.240 e. The highest BCUT2D eigenvalue weighted by Crippen LogP contribution is 2.24. The van der Waals surface area contributed by atoms with Gasteiger partial charge in [-0.1, -0.05) is 30.0 Å². The maximum Gasteiger partial charge on any atom is 0.240 e. The van der Waals surface area contributed by atoms with Gasteiger partial charge < -0.3 is 15.4 Å². The van der Waals surface area contributed by atoms with Crippen molar-refractivity contribution in [3.05, 3.63) is 29.8 Å². The highest BCUT2D eigenvalue weighted by molar-refractivity contribution is 8.15. The van der Waals surface area contributed by atoms with E-state index in [-0.39, 0.29) is 24.3 Å². The lowest BCUT2D eigenvalue weighted by Crippen LogP contribution is -2.28. The third-order valence-electron chi connectivity index (χ3n) is 4.03. The van der Waals surface area contributed by atoms with Crippen LogP contribution < -0.4 is 10.6 Å². The van der Waals surface area contributed by atoms with Crippen LogP contribution in [0.15, 0.2) is 29.3 Å². The zero-order valence-electron chi connectivity index (χ0n) is 13.6. The minimum atomic E-state index is -0.433. The van der Waals surface area contributed by atoms with E-state index in [1.165, 1.54) is 11.8 Å². The average Bonchev–Trinajstić information content (AvgIpc) is 3.18. The van der Waals surface area contributed by atoms with Crippen LogP contribution in [0.1, 0.15) is 24.8 Å². The van der Waals surface area contributed by atoms with Crippen molar-refractivity contribution in [3.8, 4) is 0 Å². The van der Waals surface area contributed by atoms with Crippen LogP contribution in [0.5, 0.6) is 0 Å². The quantitative estimate of drug-likeness (QED) is 0.855. The zero-order chi connectivity index (χ0) is 16.9. The summed E-state index contributed by atoms with van der Waals surface area (Å²) in [5.41, 5.74) is 1.77. The van der Waals surface area contributed by atoms with Gasteiger partial charge in [-0.2, -0.15) is 0 Å². The van der Waals surface area contributed by atoms with Crippen molar-refractivity contribution in [3.63, 3.8) is 0 Å². The first-order valence-corrected chi connectivity index (χ1v) is 8.99. The number of amidine groups is 1. The number of aliphatic imine (C=N–C) groups is 1. The summed E-state index contributed by atoms with van der Waals surface area (Å²) in [5.74, 6) is -0.330. The van der Waals surface area contributed by atoms with Crippen LogP contribution in [0.4, 0.5) is 5.69 Å². The number of amides is 2. The van der Waals surface area contributed by atoms with E-state index in [0.717, 1.165) is 30.7 Å². The molecule has 0 unspecified atom stereocenters. The number of hydrogen-bond donors (Lipinski definition) is 2. The molecule has 1 aromatic carbocycles. The molecule has 24 heavy (non-hydrogen) atoms. The van der Waals surface area contributed by atoms with Gasteiger partial charge in [0.1, 0.15) is 5.25 Å². The molecule has 0 spiro atoms. The fourth-order valence-electron chi connectivity index (χ4n) is 2.67. The summed E-state index contributed by atoms with van der Waals surface area (Å²) in [7, 11) is 0. The summed E-state index contributed by atoms with van der Waals surface area (Å²) in [5, 5.41) is 5.76. The van der Waals surface area contributed by atoms with Gasteiger partial charge in [-0.05, 0) is 31.4 Å². The number of rotatable bonds is 5. The van der Waals surface area contributed by atoms with Gasteiger partial charge in [0, 0.05) is 18.7 Å². The molecule has 2 aliphatic heterocycles. The van der Waals surface area contributed by atoms with Crippen molar-refractivity contribution in [2.75, 3.05) is 18.5 Å². The number of anilines is 1. The van der Waals surface area contributed by atoms with Gasteiger partial charge in [0.25, 0.3) is 0 Å². The standard InChI is InChI=1S/C17H21N3O3S/c1-11-5-2-3-7-13(11)19-15(21)9-14-16(22)20-17(24-14)18-10-12-6-4-8-23-12/h2-3,5,7,12,14H,4,6,8-10H2,1H3,(H,19,21)(H,18,20,22)/t12-,14-/m1/s1. The van der Waals surface area contributed by atoms with Crippen LogP contribution in [0, 0.1) is 6.92 Å². The lowest BCUT2D eigenvalue weighted by Gasteiger charge is -2.09. The van der Waals surface area contributed by atoms with E-state index in [1.807, 2.05) is 31.2 Å². The number of hydrogen-bond acceptors (Lipinski definition) is 5. The average molecular weight is 347 g/mol. The van der Waals surface area contributed by atoms with Crippen molar-refractivity contribution in [1.29, 1.82) is 0 Å². The van der Waals surface area contributed by atoms with Crippen LogP contribution in [0.2, 0.25) is 0 Å². The second kappa shape index (κ2) is 7.81. The topological polar surface area (TPSA) is 79.8 Å². The normalized spacial score (nSPS) is 25.0. The van der Waals surface area contributed by atoms with Crippen LogP contribution in [-0.2, 0) is 14.3 Å². The molecule has 0 bridgehead atoms. The van der Waals surface area contributed by atoms with Crippen molar-refractivity contribution in [1.82, 2.24) is 5.32 Å². The number of nitrogens with zero attached hydrogens (tertiary/aromatic N) is 1. The summed E-state index contributed by atoms with van der Waals surface area (Å²) < 4.78 is 5.52. The Morgan fingerprint density at radius 2 is 2.29 bits per heavy atom. The maximum atomic E-state index is 12.2. The molecule has 128 valence electrons. The largest absolute Gasteiger partial charge is 0.376 e. The molecular formula is C17H21N3O3S.